The van der Waals surface area contributed by atoms with Crippen molar-refractivity contribution in [2.24, 2.45) is 0 Å². The van der Waals surface area contributed by atoms with E-state index in [0.29, 0.717) is 33.3 Å². The van der Waals surface area contributed by atoms with Gasteiger partial charge in [-0.05, 0) is 35.4 Å². The highest BCUT2D eigenvalue weighted by atomic mass is 16.5. The van der Waals surface area contributed by atoms with E-state index in [1.807, 2.05) is 6.07 Å². The van der Waals surface area contributed by atoms with Gasteiger partial charge in [-0.3, -0.25) is 19.3 Å². The summed E-state index contributed by atoms with van der Waals surface area (Å²) in [7, 11) is 4.41. The van der Waals surface area contributed by atoms with Gasteiger partial charge in [-0.15, -0.1) is 0 Å². The fourth-order valence-corrected chi connectivity index (χ4v) is 3.24. The smallest absolute Gasteiger partial charge is 0.323 e. The van der Waals surface area contributed by atoms with Crippen molar-refractivity contribution in [2.45, 2.75) is 0 Å². The van der Waals surface area contributed by atoms with E-state index in [4.69, 9.17) is 19.3 Å². The molecule has 0 saturated carbocycles. The summed E-state index contributed by atoms with van der Waals surface area (Å²) in [6.07, 6.45) is 3.06. The summed E-state index contributed by atoms with van der Waals surface area (Å²) in [6.45, 7) is -0.726. The van der Waals surface area contributed by atoms with Crippen LogP contribution in [0.15, 0.2) is 53.6 Å². The van der Waals surface area contributed by atoms with Crippen LogP contribution in [0.1, 0.15) is 11.1 Å². The van der Waals surface area contributed by atoms with Crippen LogP contribution in [0.3, 0.4) is 0 Å². The summed E-state index contributed by atoms with van der Waals surface area (Å²) in [5.74, 6) is -1.51. The van der Waals surface area contributed by atoms with E-state index >= 15 is 0 Å². The number of hydrogen-bond donors (Lipinski definition) is 1. The summed E-state index contributed by atoms with van der Waals surface area (Å²) in [4.78, 5) is 37.7. The summed E-state index contributed by atoms with van der Waals surface area (Å²) in [5.41, 5.74) is 1.39. The number of carboxylic acid groups (broad SMARTS) is 1. The van der Waals surface area contributed by atoms with Crippen molar-refractivity contribution in [1.82, 2.24) is 4.90 Å². The zero-order valence-corrected chi connectivity index (χ0v) is 17.2. The number of aliphatic carboxylic acids is 1. The first-order chi connectivity index (χ1) is 14.9. The van der Waals surface area contributed by atoms with Crippen LogP contribution in [0.4, 0.5) is 0 Å². The first-order valence-electron chi connectivity index (χ1n) is 9.26. The zero-order valence-electron chi connectivity index (χ0n) is 17.2. The molecule has 2 aromatic rings. The van der Waals surface area contributed by atoms with Gasteiger partial charge in [0.2, 0.25) is 5.75 Å². The number of carbonyl (C=O) groups is 3. The molecule has 1 aliphatic heterocycles. The molecule has 0 aromatic heterocycles. The van der Waals surface area contributed by atoms with Crippen LogP contribution >= 0.6 is 0 Å². The normalized spacial score (nSPS) is 16.2. The van der Waals surface area contributed by atoms with E-state index in [9.17, 15) is 14.4 Å². The molecule has 8 nitrogen and oxygen atoms in total. The Hall–Kier alpha value is -4.07. The number of ether oxygens (including phenoxy) is 3. The highest BCUT2D eigenvalue weighted by Gasteiger charge is 2.39. The molecule has 0 spiro atoms. The molecule has 1 aliphatic rings. The molecule has 0 unspecified atom stereocenters. The minimum Gasteiger partial charge on any atom is -0.493 e. The molecule has 3 rings (SSSR count). The number of hydrogen-bond acceptors (Lipinski definition) is 6. The molecule has 1 saturated heterocycles. The van der Waals surface area contributed by atoms with Gasteiger partial charge in [0.1, 0.15) is 6.54 Å². The van der Waals surface area contributed by atoms with E-state index in [0.717, 1.165) is 0 Å². The lowest BCUT2D eigenvalue weighted by Crippen LogP contribution is -2.34. The fourth-order valence-electron chi connectivity index (χ4n) is 3.24. The second-order valence-corrected chi connectivity index (χ2v) is 6.58. The van der Waals surface area contributed by atoms with E-state index in [-0.39, 0.29) is 11.1 Å². The third-order valence-electron chi connectivity index (χ3n) is 4.64. The molecule has 2 aromatic carbocycles. The van der Waals surface area contributed by atoms with E-state index in [2.05, 4.69) is 0 Å². The highest BCUT2D eigenvalue weighted by molar-refractivity contribution is 6.28. The van der Waals surface area contributed by atoms with Crippen LogP contribution in [0.2, 0.25) is 0 Å². The Morgan fingerprint density at radius 1 is 0.871 bits per heavy atom. The molecule has 1 N–H and O–H groups in total. The van der Waals surface area contributed by atoms with Crippen molar-refractivity contribution in [1.29, 1.82) is 0 Å². The molecular weight excluding hydrogens is 402 g/mol. The van der Waals surface area contributed by atoms with Gasteiger partial charge >= 0.3 is 5.97 Å². The summed E-state index contributed by atoms with van der Waals surface area (Å²) < 4.78 is 16.0. The minimum atomic E-state index is -1.28. The summed E-state index contributed by atoms with van der Waals surface area (Å²) in [5, 5.41) is 9.12. The van der Waals surface area contributed by atoms with Gasteiger partial charge in [0, 0.05) is 0 Å². The monoisotopic (exact) mass is 423 g/mol. The van der Waals surface area contributed by atoms with Crippen molar-refractivity contribution >= 4 is 29.9 Å². The number of methoxy groups -OCH3 is 3. The number of benzene rings is 2. The first-order valence-corrected chi connectivity index (χ1v) is 9.26. The topological polar surface area (TPSA) is 102 Å². The van der Waals surface area contributed by atoms with Crippen LogP contribution in [-0.4, -0.2) is 55.7 Å². The van der Waals surface area contributed by atoms with Gasteiger partial charge in [0.05, 0.1) is 32.5 Å². The van der Waals surface area contributed by atoms with Gasteiger partial charge in [0.15, 0.2) is 11.5 Å². The summed E-state index contributed by atoms with van der Waals surface area (Å²) in [6, 6.07) is 12.2. The predicted molar refractivity (Wildman–Crippen MR) is 113 cm³/mol. The van der Waals surface area contributed by atoms with Crippen LogP contribution in [0.25, 0.3) is 12.2 Å². The maximum Gasteiger partial charge on any atom is 0.323 e. The number of rotatable bonds is 7. The molecule has 8 heteroatoms. The molecule has 1 fully saturated rings. The Morgan fingerprint density at radius 3 is 1.84 bits per heavy atom. The Morgan fingerprint density at radius 2 is 1.39 bits per heavy atom. The zero-order chi connectivity index (χ0) is 22.5. The Labute approximate surface area is 178 Å². The van der Waals surface area contributed by atoms with Crippen molar-refractivity contribution in [3.05, 3.63) is 64.7 Å². The average Bonchev–Trinajstić information content (AvgIpc) is 2.97. The lowest BCUT2D eigenvalue weighted by molar-refractivity contribution is -0.147. The van der Waals surface area contributed by atoms with Crippen LogP contribution in [0.5, 0.6) is 17.2 Å². The maximum atomic E-state index is 12.9. The largest absolute Gasteiger partial charge is 0.493 e. The molecule has 0 bridgehead atoms. The SMILES string of the molecule is COc1cc(C=C2C(=O)N(CC(=O)O)C(=O)C2=Cc2ccccc2)cc(OC)c1OC. The molecule has 160 valence electrons. The van der Waals surface area contributed by atoms with Crippen molar-refractivity contribution in [2.75, 3.05) is 27.9 Å². The predicted octanol–water partition coefficient (Wildman–Crippen LogP) is 2.63. The van der Waals surface area contributed by atoms with Crippen molar-refractivity contribution in [3.63, 3.8) is 0 Å². The van der Waals surface area contributed by atoms with Gasteiger partial charge in [0.25, 0.3) is 11.8 Å². The van der Waals surface area contributed by atoms with Crippen LogP contribution in [-0.2, 0) is 14.4 Å². The number of nitrogens with zero attached hydrogens (tertiary/aromatic N) is 1. The molecule has 0 atom stereocenters. The van der Waals surface area contributed by atoms with Crippen molar-refractivity contribution in [3.8, 4) is 17.2 Å². The van der Waals surface area contributed by atoms with Crippen molar-refractivity contribution < 1.29 is 33.7 Å². The molecule has 2 amide bonds. The average molecular weight is 423 g/mol. The fraction of sp³-hybridized carbons (Fsp3) is 0.174. The van der Waals surface area contributed by atoms with Gasteiger partial charge in [-0.25, -0.2) is 0 Å². The molecule has 1 heterocycles. The second-order valence-electron chi connectivity index (χ2n) is 6.58. The number of imide groups is 1. The lowest BCUT2D eigenvalue weighted by atomic mass is 10.0. The molecule has 0 radical (unpaired) electrons. The molecule has 0 aliphatic carbocycles. The number of carbonyl (C=O) groups excluding carboxylic acids is 2. The van der Waals surface area contributed by atoms with Crippen LogP contribution < -0.4 is 14.2 Å². The molecule has 31 heavy (non-hydrogen) atoms. The Kier molecular flexibility index (Phi) is 6.40. The number of likely N-dealkylation sites (tertiary alicyclic amines) is 1. The van der Waals surface area contributed by atoms with Gasteiger partial charge in [-0.1, -0.05) is 30.3 Å². The minimum absolute atomic E-state index is 0.0735. The Bertz CT molecular complexity index is 1060. The molecular formula is C23H21NO7. The van der Waals surface area contributed by atoms with E-state index in [1.54, 1.807) is 42.5 Å². The second kappa shape index (κ2) is 9.17. The Balaban J connectivity index is 2.16. The summed E-state index contributed by atoms with van der Waals surface area (Å²) >= 11 is 0. The third-order valence-corrected chi connectivity index (χ3v) is 4.64. The van der Waals surface area contributed by atoms with E-state index < -0.39 is 24.3 Å². The standard InChI is InChI=1S/C23H21NO7/c1-29-18-11-15(12-19(30-2)21(18)31-3)10-17-16(9-14-7-5-4-6-8-14)22(27)24(23(17)28)13-20(25)26/h4-12H,13H2,1-3H3,(H,25,26). The van der Waals surface area contributed by atoms with E-state index in [1.165, 1.54) is 27.4 Å². The third kappa shape index (κ3) is 4.42. The quantitative estimate of drug-likeness (QED) is 0.539. The number of amides is 2. The number of carboxylic acids is 1. The first kappa shape index (κ1) is 21.6. The lowest BCUT2D eigenvalue weighted by Gasteiger charge is -2.13. The van der Waals surface area contributed by atoms with Gasteiger partial charge in [-0.2, -0.15) is 0 Å². The van der Waals surface area contributed by atoms with Crippen LogP contribution in [0, 0.1) is 0 Å². The highest BCUT2D eigenvalue weighted by Crippen LogP contribution is 2.39. The van der Waals surface area contributed by atoms with Gasteiger partial charge < -0.3 is 19.3 Å². The maximum absolute atomic E-state index is 12.9.